The molecule has 33 heavy (non-hydrogen) atoms. The van der Waals surface area contributed by atoms with Gasteiger partial charge < -0.3 is 9.64 Å². The van der Waals surface area contributed by atoms with Gasteiger partial charge in [-0.15, -0.1) is 0 Å². The molecule has 3 heterocycles. The van der Waals surface area contributed by atoms with Crippen LogP contribution in [0.3, 0.4) is 0 Å². The lowest BCUT2D eigenvalue weighted by Gasteiger charge is -2.26. The molecule has 5 rings (SSSR count). The number of anilines is 1. The summed E-state index contributed by atoms with van der Waals surface area (Å²) >= 11 is 1.39. The van der Waals surface area contributed by atoms with E-state index in [9.17, 15) is 10.1 Å². The van der Waals surface area contributed by atoms with Gasteiger partial charge in [-0.3, -0.25) is 5.32 Å². The normalized spacial score (nSPS) is 13.6. The van der Waals surface area contributed by atoms with Gasteiger partial charge in [0.15, 0.2) is 5.13 Å². The minimum absolute atomic E-state index is 0.241. The smallest absolute Gasteiger partial charge is 0.325 e. The monoisotopic (exact) mass is 456 g/mol. The van der Waals surface area contributed by atoms with Crippen LogP contribution in [0.1, 0.15) is 17.7 Å². The summed E-state index contributed by atoms with van der Waals surface area (Å²) in [5, 5.41) is 13.7. The Hall–Kier alpha value is -3.87. The molecule has 1 saturated heterocycles. The first-order chi connectivity index (χ1) is 16.1. The molecule has 2 aromatic heterocycles. The summed E-state index contributed by atoms with van der Waals surface area (Å²) in [5.74, 6) is 0. The summed E-state index contributed by atoms with van der Waals surface area (Å²) in [5.41, 5.74) is 4.75. The third-order valence-electron chi connectivity index (χ3n) is 5.45. The Morgan fingerprint density at radius 2 is 2.12 bits per heavy atom. The van der Waals surface area contributed by atoms with Crippen molar-refractivity contribution in [3.8, 4) is 27.8 Å². The number of amides is 2. The number of urea groups is 1. The first-order valence-corrected chi connectivity index (χ1v) is 11.3. The maximum Gasteiger partial charge on any atom is 0.325 e. The number of ether oxygens (including phenoxy) is 1. The van der Waals surface area contributed by atoms with E-state index in [-0.39, 0.29) is 12.8 Å². The number of hydrogen-bond donors (Lipinski definition) is 1. The third kappa shape index (κ3) is 4.26. The van der Waals surface area contributed by atoms with E-state index < -0.39 is 0 Å². The largest absolute Gasteiger partial charge is 0.361 e. The second-order valence-corrected chi connectivity index (χ2v) is 8.66. The van der Waals surface area contributed by atoms with Crippen molar-refractivity contribution in [2.45, 2.75) is 13.3 Å². The van der Waals surface area contributed by atoms with Crippen LogP contribution >= 0.6 is 11.3 Å². The number of nitrogens with one attached hydrogen (secondary N) is 1. The molecule has 1 aliphatic heterocycles. The molecule has 9 heteroatoms. The minimum Gasteiger partial charge on any atom is -0.361 e. The summed E-state index contributed by atoms with van der Waals surface area (Å²) in [7, 11) is 0. The number of benzene rings is 2. The topological polar surface area (TPSA) is 104 Å². The zero-order valence-electron chi connectivity index (χ0n) is 17.9. The van der Waals surface area contributed by atoms with E-state index in [0.29, 0.717) is 29.5 Å². The molecule has 1 fully saturated rings. The lowest BCUT2D eigenvalue weighted by atomic mass is 10.0. The van der Waals surface area contributed by atoms with Crippen molar-refractivity contribution < 1.29 is 9.53 Å². The van der Waals surface area contributed by atoms with E-state index in [0.717, 1.165) is 39.0 Å². The van der Waals surface area contributed by atoms with Crippen LogP contribution in [0.2, 0.25) is 0 Å². The van der Waals surface area contributed by atoms with Crippen molar-refractivity contribution >= 4 is 33.4 Å². The van der Waals surface area contributed by atoms with Gasteiger partial charge in [0.25, 0.3) is 0 Å². The van der Waals surface area contributed by atoms with Gasteiger partial charge in [0.2, 0.25) is 0 Å². The summed E-state index contributed by atoms with van der Waals surface area (Å²) in [4.78, 5) is 28.6. The molecular weight excluding hydrogens is 436 g/mol. The average molecular weight is 457 g/mol. The number of aryl methyl sites for hydroxylation is 1. The SMILES string of the molecule is Cc1ncnc2ccc(-c3sc(NC(=O)N4CCCOC4)nc3-c3cccc(C#N)c3)cc12. The van der Waals surface area contributed by atoms with Gasteiger partial charge in [-0.25, -0.2) is 19.7 Å². The molecule has 2 aromatic carbocycles. The molecule has 0 atom stereocenters. The quantitative estimate of drug-likeness (QED) is 0.474. The number of fused-ring (bicyclic) bond motifs is 1. The van der Waals surface area contributed by atoms with Crippen LogP contribution < -0.4 is 5.32 Å². The average Bonchev–Trinajstić information content (AvgIpc) is 3.28. The van der Waals surface area contributed by atoms with Gasteiger partial charge in [0, 0.05) is 23.2 Å². The second-order valence-electron chi connectivity index (χ2n) is 7.66. The van der Waals surface area contributed by atoms with Crippen molar-refractivity contribution in [1.82, 2.24) is 19.9 Å². The molecular formula is C24H20N6O2S. The van der Waals surface area contributed by atoms with Crippen LogP contribution in [0.25, 0.3) is 32.6 Å². The lowest BCUT2D eigenvalue weighted by Crippen LogP contribution is -2.40. The van der Waals surface area contributed by atoms with Crippen LogP contribution in [0.15, 0.2) is 48.8 Å². The molecule has 0 bridgehead atoms. The van der Waals surface area contributed by atoms with Crippen LogP contribution in [0, 0.1) is 18.3 Å². The Balaban J connectivity index is 1.58. The van der Waals surface area contributed by atoms with Gasteiger partial charge in [0.05, 0.1) is 34.3 Å². The number of thiazole rings is 1. The Morgan fingerprint density at radius 3 is 2.94 bits per heavy atom. The Morgan fingerprint density at radius 1 is 1.21 bits per heavy atom. The number of rotatable bonds is 3. The Bertz CT molecular complexity index is 1390. The highest BCUT2D eigenvalue weighted by atomic mass is 32.1. The zero-order valence-corrected chi connectivity index (χ0v) is 18.7. The van der Waals surface area contributed by atoms with Gasteiger partial charge in [-0.2, -0.15) is 5.26 Å². The molecule has 0 spiro atoms. The predicted octanol–water partition coefficient (Wildman–Crippen LogP) is 4.81. The van der Waals surface area contributed by atoms with E-state index in [1.165, 1.54) is 11.3 Å². The summed E-state index contributed by atoms with van der Waals surface area (Å²) in [6.07, 6.45) is 2.36. The summed E-state index contributed by atoms with van der Waals surface area (Å²) in [6.45, 7) is 3.52. The van der Waals surface area contributed by atoms with Crippen molar-refractivity contribution in [3.05, 3.63) is 60.0 Å². The Labute approximate surface area is 194 Å². The number of nitriles is 1. The fourth-order valence-electron chi connectivity index (χ4n) is 3.76. The fraction of sp³-hybridized carbons (Fsp3) is 0.208. The first-order valence-electron chi connectivity index (χ1n) is 10.5. The molecule has 164 valence electrons. The van der Waals surface area contributed by atoms with Crippen molar-refractivity contribution in [2.24, 2.45) is 0 Å². The van der Waals surface area contributed by atoms with E-state index in [2.05, 4.69) is 21.4 Å². The summed E-state index contributed by atoms with van der Waals surface area (Å²) < 4.78 is 5.39. The van der Waals surface area contributed by atoms with Gasteiger partial charge in [-0.1, -0.05) is 29.5 Å². The summed E-state index contributed by atoms with van der Waals surface area (Å²) in [6, 6.07) is 15.2. The van der Waals surface area contributed by atoms with Gasteiger partial charge >= 0.3 is 6.03 Å². The van der Waals surface area contributed by atoms with Crippen LogP contribution in [0.4, 0.5) is 9.93 Å². The molecule has 2 amide bonds. The molecule has 1 N–H and O–H groups in total. The van der Waals surface area contributed by atoms with E-state index >= 15 is 0 Å². The van der Waals surface area contributed by atoms with Crippen molar-refractivity contribution in [1.29, 1.82) is 5.26 Å². The maximum atomic E-state index is 12.7. The zero-order chi connectivity index (χ0) is 22.8. The van der Waals surface area contributed by atoms with Crippen molar-refractivity contribution in [2.75, 3.05) is 25.2 Å². The highest BCUT2D eigenvalue weighted by Gasteiger charge is 2.21. The molecule has 8 nitrogen and oxygen atoms in total. The number of nitrogens with zero attached hydrogens (tertiary/aromatic N) is 5. The molecule has 0 aliphatic carbocycles. The van der Waals surface area contributed by atoms with Crippen LogP contribution in [-0.2, 0) is 4.74 Å². The van der Waals surface area contributed by atoms with E-state index in [4.69, 9.17) is 9.72 Å². The van der Waals surface area contributed by atoms with Crippen molar-refractivity contribution in [3.63, 3.8) is 0 Å². The molecule has 4 aromatic rings. The fourth-order valence-corrected chi connectivity index (χ4v) is 4.73. The predicted molar refractivity (Wildman–Crippen MR) is 127 cm³/mol. The number of carbonyl (C=O) groups is 1. The highest BCUT2D eigenvalue weighted by molar-refractivity contribution is 7.19. The molecule has 0 unspecified atom stereocenters. The number of aromatic nitrogens is 3. The standard InChI is InChI=1S/C24H20N6O2S/c1-15-19-11-18(6-7-20(19)27-13-26-15)22-21(17-5-2-4-16(10-17)12-25)28-23(33-22)29-24(31)30-8-3-9-32-14-30/h2,4-7,10-11,13H,3,8-9,14H2,1H3,(H,28,29,31). The molecule has 1 aliphatic rings. The third-order valence-corrected chi connectivity index (χ3v) is 6.47. The second kappa shape index (κ2) is 8.94. The number of carbonyl (C=O) groups excluding carboxylic acids is 1. The van der Waals surface area contributed by atoms with Gasteiger partial charge in [0.1, 0.15) is 13.1 Å². The van der Waals surface area contributed by atoms with E-state index in [1.807, 2.05) is 37.3 Å². The first kappa shape index (κ1) is 21.0. The number of hydrogen-bond acceptors (Lipinski definition) is 7. The highest BCUT2D eigenvalue weighted by Crippen LogP contribution is 2.40. The van der Waals surface area contributed by atoms with Crippen LogP contribution in [0.5, 0.6) is 0 Å². The molecule has 0 radical (unpaired) electrons. The van der Waals surface area contributed by atoms with E-state index in [1.54, 1.807) is 23.4 Å². The maximum absolute atomic E-state index is 12.7. The lowest BCUT2D eigenvalue weighted by molar-refractivity contribution is 0.0122. The minimum atomic E-state index is -0.241. The Kier molecular flexibility index (Phi) is 5.69. The van der Waals surface area contributed by atoms with Gasteiger partial charge in [-0.05, 0) is 43.2 Å². The molecule has 0 saturated carbocycles. The van der Waals surface area contributed by atoms with Crippen LogP contribution in [-0.4, -0.2) is 45.8 Å².